The molecule has 0 atom stereocenters. The summed E-state index contributed by atoms with van der Waals surface area (Å²) in [5.41, 5.74) is 2.09. The summed E-state index contributed by atoms with van der Waals surface area (Å²) in [5, 5.41) is 15.8. The summed E-state index contributed by atoms with van der Waals surface area (Å²) >= 11 is 0. The van der Waals surface area contributed by atoms with Gasteiger partial charge in [-0.1, -0.05) is 30.3 Å². The third-order valence-corrected chi connectivity index (χ3v) is 3.88. The second kappa shape index (κ2) is 8.21. The average Bonchev–Trinajstić information content (AvgIpc) is 2.65. The van der Waals surface area contributed by atoms with Gasteiger partial charge < -0.3 is 10.1 Å². The molecule has 0 radical (unpaired) electrons. The maximum absolute atomic E-state index is 11.1. The van der Waals surface area contributed by atoms with Gasteiger partial charge in [0.05, 0.1) is 16.9 Å². The van der Waals surface area contributed by atoms with E-state index < -0.39 is 0 Å². The van der Waals surface area contributed by atoms with Crippen molar-refractivity contribution < 1.29 is 9.66 Å². The maximum atomic E-state index is 11.1. The number of nitro groups is 1. The van der Waals surface area contributed by atoms with Gasteiger partial charge in [0, 0.05) is 42.7 Å². The Bertz CT molecular complexity index is 853. The van der Waals surface area contributed by atoms with E-state index in [9.17, 15) is 10.1 Å². The summed E-state index contributed by atoms with van der Waals surface area (Å²) < 4.78 is 5.66. The molecule has 1 aromatic heterocycles. The van der Waals surface area contributed by atoms with E-state index in [0.717, 1.165) is 29.6 Å². The van der Waals surface area contributed by atoms with Crippen molar-refractivity contribution in [2.45, 2.75) is 13.0 Å². The zero-order chi connectivity index (χ0) is 17.5. The Labute approximate surface area is 145 Å². The van der Waals surface area contributed by atoms with Gasteiger partial charge in [0.1, 0.15) is 0 Å². The largest absolute Gasteiger partial charge is 0.384 e. The van der Waals surface area contributed by atoms with E-state index in [0.29, 0.717) is 18.6 Å². The van der Waals surface area contributed by atoms with E-state index in [2.05, 4.69) is 10.3 Å². The van der Waals surface area contributed by atoms with Gasteiger partial charge in [-0.15, -0.1) is 0 Å². The highest BCUT2D eigenvalue weighted by Gasteiger charge is 2.13. The second-order valence-corrected chi connectivity index (χ2v) is 5.63. The predicted octanol–water partition coefficient (Wildman–Crippen LogP) is 4.16. The van der Waals surface area contributed by atoms with E-state index in [1.54, 1.807) is 18.3 Å². The van der Waals surface area contributed by atoms with Crippen molar-refractivity contribution in [3.63, 3.8) is 0 Å². The van der Waals surface area contributed by atoms with Crippen molar-refractivity contribution in [3.05, 3.63) is 76.6 Å². The number of aromatic nitrogens is 1. The Morgan fingerprint density at radius 1 is 1.08 bits per heavy atom. The Morgan fingerprint density at radius 2 is 1.92 bits per heavy atom. The number of hydrogen-bond donors (Lipinski definition) is 1. The van der Waals surface area contributed by atoms with Crippen LogP contribution in [0.5, 0.6) is 0 Å². The fourth-order valence-corrected chi connectivity index (χ4v) is 2.65. The van der Waals surface area contributed by atoms with Crippen LogP contribution in [-0.4, -0.2) is 23.1 Å². The van der Waals surface area contributed by atoms with Crippen LogP contribution in [0, 0.1) is 10.1 Å². The molecule has 0 bridgehead atoms. The van der Waals surface area contributed by atoms with Gasteiger partial charge in [-0.2, -0.15) is 0 Å². The summed E-state index contributed by atoms with van der Waals surface area (Å²) in [6.45, 7) is 1.98. The van der Waals surface area contributed by atoms with Crippen LogP contribution in [0.1, 0.15) is 12.0 Å². The van der Waals surface area contributed by atoms with Gasteiger partial charge in [-0.3, -0.25) is 15.1 Å². The zero-order valence-electron chi connectivity index (χ0n) is 13.7. The molecule has 2 aromatic carbocycles. The van der Waals surface area contributed by atoms with Crippen molar-refractivity contribution in [1.29, 1.82) is 0 Å². The summed E-state index contributed by atoms with van der Waals surface area (Å²) in [4.78, 5) is 14.7. The van der Waals surface area contributed by atoms with Gasteiger partial charge in [0.2, 0.25) is 0 Å². The Kier molecular flexibility index (Phi) is 5.53. The minimum atomic E-state index is -0.384. The lowest BCUT2D eigenvalue weighted by molar-refractivity contribution is -0.383. The number of non-ortho nitro benzene ring substituents is 1. The topological polar surface area (TPSA) is 77.3 Å². The second-order valence-electron chi connectivity index (χ2n) is 5.63. The molecule has 0 spiro atoms. The monoisotopic (exact) mass is 337 g/mol. The summed E-state index contributed by atoms with van der Waals surface area (Å²) in [7, 11) is 0. The average molecular weight is 337 g/mol. The normalized spacial score (nSPS) is 10.7. The van der Waals surface area contributed by atoms with Crippen molar-refractivity contribution >= 4 is 22.1 Å². The number of nitrogens with zero attached hydrogens (tertiary/aromatic N) is 2. The molecule has 0 aliphatic rings. The maximum Gasteiger partial charge on any atom is 0.278 e. The number of ether oxygens (including phenoxy) is 1. The first-order valence-corrected chi connectivity index (χ1v) is 8.12. The molecular formula is C19H19N3O3. The first-order chi connectivity index (χ1) is 12.3. The number of hydrogen-bond acceptors (Lipinski definition) is 5. The van der Waals surface area contributed by atoms with Crippen molar-refractivity contribution in [2.24, 2.45) is 0 Å². The molecule has 0 aliphatic carbocycles. The van der Waals surface area contributed by atoms with Crippen molar-refractivity contribution in [2.75, 3.05) is 18.5 Å². The van der Waals surface area contributed by atoms with Crippen LogP contribution in [0.3, 0.4) is 0 Å². The molecule has 0 fully saturated rings. The Hall–Kier alpha value is -2.99. The predicted molar refractivity (Wildman–Crippen MR) is 97.6 cm³/mol. The molecule has 0 aliphatic heterocycles. The minimum absolute atomic E-state index is 0.0693. The molecule has 0 saturated heterocycles. The Balaban J connectivity index is 1.53. The van der Waals surface area contributed by atoms with E-state index in [1.807, 2.05) is 30.3 Å². The molecular weight excluding hydrogens is 318 g/mol. The fraction of sp³-hybridized carbons (Fsp3) is 0.211. The zero-order valence-corrected chi connectivity index (χ0v) is 13.7. The van der Waals surface area contributed by atoms with Gasteiger partial charge in [-0.25, -0.2) is 0 Å². The number of nitro benzene ring substituents is 1. The molecule has 3 rings (SSSR count). The highest BCUT2D eigenvalue weighted by molar-refractivity contribution is 5.99. The molecule has 3 aromatic rings. The SMILES string of the molecule is O=[N+]([O-])c1ccc(NCCCOCc2ccccc2)c2ccncc12. The number of pyridine rings is 1. The van der Waals surface area contributed by atoms with Gasteiger partial charge >= 0.3 is 0 Å². The molecule has 0 unspecified atom stereocenters. The molecule has 128 valence electrons. The lowest BCUT2D eigenvalue weighted by Crippen LogP contribution is -2.06. The van der Waals surface area contributed by atoms with Crippen molar-refractivity contribution in [3.8, 4) is 0 Å². The summed E-state index contributed by atoms with van der Waals surface area (Å²) in [6, 6.07) is 15.1. The van der Waals surface area contributed by atoms with Crippen LogP contribution < -0.4 is 5.32 Å². The van der Waals surface area contributed by atoms with Crippen LogP contribution in [0.25, 0.3) is 10.8 Å². The minimum Gasteiger partial charge on any atom is -0.384 e. The highest BCUT2D eigenvalue weighted by atomic mass is 16.6. The van der Waals surface area contributed by atoms with E-state index in [-0.39, 0.29) is 10.6 Å². The van der Waals surface area contributed by atoms with Gasteiger partial charge in [0.25, 0.3) is 5.69 Å². The molecule has 0 amide bonds. The van der Waals surface area contributed by atoms with Crippen LogP contribution in [-0.2, 0) is 11.3 Å². The number of rotatable bonds is 8. The van der Waals surface area contributed by atoms with Crippen LogP contribution in [0.2, 0.25) is 0 Å². The lowest BCUT2D eigenvalue weighted by Gasteiger charge is -2.10. The molecule has 1 N–H and O–H groups in total. The standard InChI is InChI=1S/C19H19N3O3/c23-22(24)19-8-7-18(16-9-11-20-13-17(16)19)21-10-4-12-25-14-15-5-2-1-3-6-15/h1-3,5-9,11,13,21H,4,10,12,14H2. The first-order valence-electron chi connectivity index (χ1n) is 8.12. The highest BCUT2D eigenvalue weighted by Crippen LogP contribution is 2.30. The smallest absolute Gasteiger partial charge is 0.278 e. The molecule has 6 heteroatoms. The van der Waals surface area contributed by atoms with Gasteiger partial charge in [0.15, 0.2) is 0 Å². The fourth-order valence-electron chi connectivity index (χ4n) is 2.65. The van der Waals surface area contributed by atoms with Crippen LogP contribution in [0.15, 0.2) is 60.9 Å². The third-order valence-electron chi connectivity index (χ3n) is 3.88. The number of benzene rings is 2. The van der Waals surface area contributed by atoms with Crippen molar-refractivity contribution in [1.82, 2.24) is 4.98 Å². The molecule has 1 heterocycles. The first kappa shape index (κ1) is 16.9. The van der Waals surface area contributed by atoms with Crippen LogP contribution >= 0.6 is 0 Å². The summed E-state index contributed by atoms with van der Waals surface area (Å²) in [5.74, 6) is 0. The quantitative estimate of drug-likeness (QED) is 0.379. The molecule has 6 nitrogen and oxygen atoms in total. The molecule has 0 saturated carbocycles. The summed E-state index contributed by atoms with van der Waals surface area (Å²) in [6.07, 6.45) is 4.01. The van der Waals surface area contributed by atoms with E-state index in [1.165, 1.54) is 12.3 Å². The van der Waals surface area contributed by atoms with Gasteiger partial charge in [-0.05, 0) is 24.1 Å². The van der Waals surface area contributed by atoms with E-state index >= 15 is 0 Å². The Morgan fingerprint density at radius 3 is 2.72 bits per heavy atom. The number of fused-ring (bicyclic) bond motifs is 1. The number of nitrogens with one attached hydrogen (secondary N) is 1. The third kappa shape index (κ3) is 4.30. The lowest BCUT2D eigenvalue weighted by atomic mass is 10.1. The number of anilines is 1. The molecule has 25 heavy (non-hydrogen) atoms. The van der Waals surface area contributed by atoms with E-state index in [4.69, 9.17) is 4.74 Å². The van der Waals surface area contributed by atoms with Crippen LogP contribution in [0.4, 0.5) is 11.4 Å².